The van der Waals surface area contributed by atoms with Gasteiger partial charge in [-0.1, -0.05) is 5.10 Å². The monoisotopic (exact) mass is 380 g/mol. The Balaban J connectivity index is 1.21. The molecule has 0 aliphatic carbocycles. The van der Waals surface area contributed by atoms with Crippen molar-refractivity contribution in [2.75, 3.05) is 49.5 Å². The largest absolute Gasteiger partial charge is 0.385 e. The molecule has 148 valence electrons. The number of nitrogens with one attached hydrogen (secondary N) is 1. The standard InChI is InChI=1S/C20H28N8/c1-2-28-24-20(23-25-28)27-14-17-10-18(15-27)13-26(12-17)9-3-8-22-19-6-4-16(11-21)5-7-19/h4-7,17-18,22H,2-3,8-10,12-15H2,1H3. The topological polar surface area (TPSA) is 85.9 Å². The Labute approximate surface area is 166 Å². The zero-order valence-corrected chi connectivity index (χ0v) is 16.5. The number of nitriles is 1. The molecule has 0 amide bonds. The van der Waals surface area contributed by atoms with E-state index in [0.717, 1.165) is 63.9 Å². The molecule has 8 heteroatoms. The third-order valence-electron chi connectivity index (χ3n) is 5.66. The minimum atomic E-state index is 0.688. The van der Waals surface area contributed by atoms with Gasteiger partial charge in [-0.25, -0.2) is 0 Å². The van der Waals surface area contributed by atoms with Gasteiger partial charge in [0.05, 0.1) is 18.2 Å². The number of likely N-dealkylation sites (tertiary alicyclic amines) is 1. The van der Waals surface area contributed by atoms with E-state index in [-0.39, 0.29) is 0 Å². The van der Waals surface area contributed by atoms with Crippen molar-refractivity contribution in [3.8, 4) is 6.07 Å². The number of nitrogens with zero attached hydrogens (tertiary/aromatic N) is 7. The summed E-state index contributed by atoms with van der Waals surface area (Å²) in [5.41, 5.74) is 1.78. The number of piperidine rings is 2. The van der Waals surface area contributed by atoms with Crippen LogP contribution in [0.1, 0.15) is 25.3 Å². The van der Waals surface area contributed by atoms with E-state index >= 15 is 0 Å². The summed E-state index contributed by atoms with van der Waals surface area (Å²) in [7, 11) is 0. The van der Waals surface area contributed by atoms with Crippen LogP contribution in [0.25, 0.3) is 0 Å². The molecule has 28 heavy (non-hydrogen) atoms. The molecule has 2 fully saturated rings. The smallest absolute Gasteiger partial charge is 0.266 e. The molecule has 3 heterocycles. The molecule has 1 aromatic carbocycles. The average Bonchev–Trinajstić information content (AvgIpc) is 3.20. The van der Waals surface area contributed by atoms with Crippen molar-refractivity contribution in [3.05, 3.63) is 29.8 Å². The van der Waals surface area contributed by atoms with Crippen molar-refractivity contribution in [2.24, 2.45) is 11.8 Å². The predicted molar refractivity (Wildman–Crippen MR) is 108 cm³/mol. The Morgan fingerprint density at radius 2 is 1.89 bits per heavy atom. The van der Waals surface area contributed by atoms with E-state index in [4.69, 9.17) is 5.26 Å². The third-order valence-corrected chi connectivity index (χ3v) is 5.66. The molecule has 2 saturated heterocycles. The molecule has 0 saturated carbocycles. The lowest BCUT2D eigenvalue weighted by Gasteiger charge is -2.45. The van der Waals surface area contributed by atoms with Gasteiger partial charge in [-0.3, -0.25) is 0 Å². The average molecular weight is 381 g/mol. The van der Waals surface area contributed by atoms with E-state index in [2.05, 4.69) is 36.6 Å². The molecular formula is C20H28N8. The Morgan fingerprint density at radius 3 is 2.54 bits per heavy atom. The first-order chi connectivity index (χ1) is 13.7. The summed E-state index contributed by atoms with van der Waals surface area (Å²) in [4.78, 5) is 6.60. The fraction of sp³-hybridized carbons (Fsp3) is 0.600. The van der Waals surface area contributed by atoms with Crippen molar-refractivity contribution in [1.82, 2.24) is 25.1 Å². The second-order valence-electron chi connectivity index (χ2n) is 7.88. The van der Waals surface area contributed by atoms with Crippen molar-refractivity contribution >= 4 is 11.6 Å². The van der Waals surface area contributed by atoms with Crippen molar-refractivity contribution in [2.45, 2.75) is 26.3 Å². The highest BCUT2D eigenvalue weighted by atomic mass is 15.6. The number of rotatable bonds is 7. The Bertz CT molecular complexity index is 794. The number of hydrogen-bond acceptors (Lipinski definition) is 7. The summed E-state index contributed by atoms with van der Waals surface area (Å²) in [6.45, 7) is 9.26. The van der Waals surface area contributed by atoms with Gasteiger partial charge in [0.2, 0.25) is 0 Å². The highest BCUT2D eigenvalue weighted by Gasteiger charge is 2.35. The van der Waals surface area contributed by atoms with Gasteiger partial charge >= 0.3 is 0 Å². The normalized spacial score (nSPS) is 22.1. The zero-order chi connectivity index (χ0) is 19.3. The second kappa shape index (κ2) is 8.57. The first-order valence-corrected chi connectivity index (χ1v) is 10.2. The molecule has 1 N–H and O–H groups in total. The first kappa shape index (κ1) is 18.7. The van der Waals surface area contributed by atoms with Crippen molar-refractivity contribution < 1.29 is 0 Å². The van der Waals surface area contributed by atoms with Gasteiger partial charge < -0.3 is 15.1 Å². The maximum absolute atomic E-state index is 8.86. The summed E-state index contributed by atoms with van der Waals surface area (Å²) in [5, 5.41) is 25.1. The highest BCUT2D eigenvalue weighted by molar-refractivity contribution is 5.47. The van der Waals surface area contributed by atoms with E-state index < -0.39 is 0 Å². The van der Waals surface area contributed by atoms with Gasteiger partial charge in [0, 0.05) is 38.4 Å². The SMILES string of the molecule is CCn1nnc(N2CC3CC(CN(CCCNc4ccc(C#N)cc4)C3)C2)n1. The molecule has 8 nitrogen and oxygen atoms in total. The van der Waals surface area contributed by atoms with E-state index in [1.54, 1.807) is 4.80 Å². The highest BCUT2D eigenvalue weighted by Crippen LogP contribution is 2.30. The molecule has 2 aliphatic rings. The minimum Gasteiger partial charge on any atom is -0.385 e. The van der Waals surface area contributed by atoms with Crippen LogP contribution in [0, 0.1) is 23.2 Å². The first-order valence-electron chi connectivity index (χ1n) is 10.2. The summed E-state index contributed by atoms with van der Waals surface area (Å²) in [6.07, 6.45) is 2.44. The summed E-state index contributed by atoms with van der Waals surface area (Å²) in [5.74, 6) is 2.16. The molecule has 1 aromatic heterocycles. The molecule has 4 rings (SSSR count). The van der Waals surface area contributed by atoms with Crippen LogP contribution in [-0.2, 0) is 6.54 Å². The number of anilines is 2. The molecule has 0 spiro atoms. The van der Waals surface area contributed by atoms with Crippen LogP contribution >= 0.6 is 0 Å². The minimum absolute atomic E-state index is 0.688. The van der Waals surface area contributed by atoms with Gasteiger partial charge in [0.25, 0.3) is 5.95 Å². The summed E-state index contributed by atoms with van der Waals surface area (Å²) in [6, 6.07) is 9.81. The van der Waals surface area contributed by atoms with E-state index in [1.165, 1.54) is 6.42 Å². The van der Waals surface area contributed by atoms with Gasteiger partial charge in [0.1, 0.15) is 0 Å². The molecule has 0 radical (unpaired) electrons. The van der Waals surface area contributed by atoms with Crippen molar-refractivity contribution in [1.29, 1.82) is 5.26 Å². The molecule has 2 aromatic rings. The van der Waals surface area contributed by atoms with Crippen LogP contribution in [0.5, 0.6) is 0 Å². The van der Waals surface area contributed by atoms with Crippen LogP contribution in [0.3, 0.4) is 0 Å². The number of aromatic nitrogens is 4. The van der Waals surface area contributed by atoms with Crippen LogP contribution in [0.4, 0.5) is 11.6 Å². The van der Waals surface area contributed by atoms with Gasteiger partial charge in [0.15, 0.2) is 0 Å². The lowest BCUT2D eigenvalue weighted by molar-refractivity contribution is 0.108. The number of fused-ring (bicyclic) bond motifs is 2. The van der Waals surface area contributed by atoms with E-state index in [0.29, 0.717) is 17.4 Å². The van der Waals surface area contributed by atoms with Crippen LogP contribution in [0.2, 0.25) is 0 Å². The molecule has 2 unspecified atom stereocenters. The Hall–Kier alpha value is -2.66. The number of hydrogen-bond donors (Lipinski definition) is 1. The number of aryl methyl sites for hydroxylation is 1. The number of benzene rings is 1. The lowest BCUT2D eigenvalue weighted by Crippen LogP contribution is -2.53. The third kappa shape index (κ3) is 4.42. The number of tetrazole rings is 1. The van der Waals surface area contributed by atoms with Gasteiger partial charge in [-0.05, 0) is 67.6 Å². The second-order valence-corrected chi connectivity index (χ2v) is 7.88. The van der Waals surface area contributed by atoms with Crippen molar-refractivity contribution in [3.63, 3.8) is 0 Å². The van der Waals surface area contributed by atoms with Crippen LogP contribution in [0.15, 0.2) is 24.3 Å². The maximum Gasteiger partial charge on any atom is 0.266 e. The predicted octanol–water partition coefficient (Wildman–Crippen LogP) is 1.82. The molecule has 2 aliphatic heterocycles. The zero-order valence-electron chi connectivity index (χ0n) is 16.5. The molecular weight excluding hydrogens is 352 g/mol. The van der Waals surface area contributed by atoms with Gasteiger partial charge in [-0.2, -0.15) is 10.1 Å². The fourth-order valence-corrected chi connectivity index (χ4v) is 4.43. The van der Waals surface area contributed by atoms with Crippen LogP contribution in [-0.4, -0.2) is 64.4 Å². The van der Waals surface area contributed by atoms with E-state index in [9.17, 15) is 0 Å². The van der Waals surface area contributed by atoms with E-state index in [1.807, 2.05) is 31.2 Å². The fourth-order valence-electron chi connectivity index (χ4n) is 4.43. The summed E-state index contributed by atoms with van der Waals surface area (Å²) >= 11 is 0. The maximum atomic E-state index is 8.86. The van der Waals surface area contributed by atoms with Crippen LogP contribution < -0.4 is 10.2 Å². The Morgan fingerprint density at radius 1 is 1.14 bits per heavy atom. The summed E-state index contributed by atoms with van der Waals surface area (Å²) < 4.78 is 0. The Kier molecular flexibility index (Phi) is 5.72. The van der Waals surface area contributed by atoms with Gasteiger partial charge in [-0.15, -0.1) is 5.10 Å². The lowest BCUT2D eigenvalue weighted by atomic mass is 9.85. The molecule has 2 bridgehead atoms. The quantitative estimate of drug-likeness (QED) is 0.733. The molecule has 2 atom stereocenters.